The molecule has 0 bridgehead atoms. The van der Waals surface area contributed by atoms with Crippen LogP contribution in [0.25, 0.3) is 0 Å². The van der Waals surface area contributed by atoms with Gasteiger partial charge in [-0.15, -0.1) is 0 Å². The van der Waals surface area contributed by atoms with Crippen molar-refractivity contribution in [3.8, 4) is 0 Å². The first-order valence-corrected chi connectivity index (χ1v) is 6.18. The first-order chi connectivity index (χ1) is 8.13. The van der Waals surface area contributed by atoms with E-state index in [0.717, 1.165) is 17.9 Å². The van der Waals surface area contributed by atoms with Crippen molar-refractivity contribution in [1.29, 1.82) is 0 Å². The van der Waals surface area contributed by atoms with Gasteiger partial charge in [-0.1, -0.05) is 0 Å². The lowest BCUT2D eigenvalue weighted by Crippen LogP contribution is -2.51. The molecule has 0 radical (unpaired) electrons. The molecule has 0 saturated heterocycles. The van der Waals surface area contributed by atoms with Crippen molar-refractivity contribution in [3.63, 3.8) is 0 Å². The molecular weight excluding hydrogens is 216 g/mol. The zero-order valence-corrected chi connectivity index (χ0v) is 10.7. The maximum absolute atomic E-state index is 12.3. The van der Waals surface area contributed by atoms with Crippen LogP contribution in [-0.2, 0) is 17.8 Å². The number of H-pyrrole nitrogens is 1. The fourth-order valence-electron chi connectivity index (χ4n) is 2.32. The zero-order chi connectivity index (χ0) is 12.4. The average molecular weight is 236 g/mol. The molecule has 0 saturated carbocycles. The Morgan fingerprint density at radius 3 is 3.06 bits per heavy atom. The number of likely N-dealkylation sites (N-methyl/N-ethyl adjacent to an activating group) is 1. The maximum Gasteiger partial charge on any atom is 0.240 e. The van der Waals surface area contributed by atoms with Crippen LogP contribution in [0.4, 0.5) is 0 Å². The topological polar surface area (TPSA) is 61.0 Å². The number of imidazole rings is 1. The van der Waals surface area contributed by atoms with Gasteiger partial charge in [-0.3, -0.25) is 10.1 Å². The van der Waals surface area contributed by atoms with Crippen LogP contribution in [0.2, 0.25) is 0 Å². The molecule has 1 unspecified atom stereocenters. The van der Waals surface area contributed by atoms with Gasteiger partial charge in [0.1, 0.15) is 0 Å². The van der Waals surface area contributed by atoms with E-state index in [1.165, 1.54) is 0 Å². The van der Waals surface area contributed by atoms with Crippen LogP contribution >= 0.6 is 0 Å². The van der Waals surface area contributed by atoms with E-state index in [9.17, 15) is 4.79 Å². The molecule has 5 heteroatoms. The molecule has 0 aliphatic carbocycles. The average Bonchev–Trinajstić information content (AvgIpc) is 2.75. The summed E-state index contributed by atoms with van der Waals surface area (Å²) in [6.07, 6.45) is 2.38. The number of nitrogens with zero attached hydrogens (tertiary/aromatic N) is 2. The van der Waals surface area contributed by atoms with E-state index < -0.39 is 0 Å². The van der Waals surface area contributed by atoms with Gasteiger partial charge in [0.25, 0.3) is 0 Å². The Morgan fingerprint density at radius 1 is 1.65 bits per heavy atom. The summed E-state index contributed by atoms with van der Waals surface area (Å²) in [4.78, 5) is 21.6. The third-order valence-electron chi connectivity index (χ3n) is 3.28. The first kappa shape index (κ1) is 12.1. The molecule has 2 rings (SSSR count). The molecule has 1 aliphatic heterocycles. The van der Waals surface area contributed by atoms with Gasteiger partial charge in [0.15, 0.2) is 0 Å². The van der Waals surface area contributed by atoms with E-state index in [1.54, 1.807) is 6.33 Å². The predicted octanol–water partition coefficient (Wildman–Crippen LogP) is 0.681. The van der Waals surface area contributed by atoms with E-state index in [4.69, 9.17) is 0 Å². The van der Waals surface area contributed by atoms with Gasteiger partial charge in [0.05, 0.1) is 23.8 Å². The summed E-state index contributed by atoms with van der Waals surface area (Å²) in [5.41, 5.74) is 2.11. The molecular formula is C12H20N4O. The summed E-state index contributed by atoms with van der Waals surface area (Å²) in [5, 5.41) is 3.27. The lowest BCUT2D eigenvalue weighted by atomic mass is 10.0. The lowest BCUT2D eigenvalue weighted by Gasteiger charge is -2.31. The molecule has 2 heterocycles. The Bertz CT molecular complexity index is 399. The number of carbonyl (C=O) groups is 1. The highest BCUT2D eigenvalue weighted by molar-refractivity contribution is 5.82. The van der Waals surface area contributed by atoms with Crippen LogP contribution in [-0.4, -0.2) is 39.4 Å². The molecule has 0 aromatic carbocycles. The van der Waals surface area contributed by atoms with E-state index in [1.807, 2.05) is 25.7 Å². The Balaban J connectivity index is 2.07. The summed E-state index contributed by atoms with van der Waals surface area (Å²) < 4.78 is 0. The van der Waals surface area contributed by atoms with Crippen molar-refractivity contribution in [2.24, 2.45) is 0 Å². The van der Waals surface area contributed by atoms with Crippen LogP contribution in [0.5, 0.6) is 0 Å². The third kappa shape index (κ3) is 2.34. The molecule has 2 N–H and O–H groups in total. The molecule has 0 fully saturated rings. The standard InChI is InChI=1S/C12H20N4O/c1-4-16(8(2)3)12(17)10-5-9-11(6-13-10)15-7-14-9/h7-8,10,13H,4-6H2,1-3H3,(H,14,15). The van der Waals surface area contributed by atoms with Crippen molar-refractivity contribution in [1.82, 2.24) is 20.2 Å². The van der Waals surface area contributed by atoms with E-state index in [-0.39, 0.29) is 18.0 Å². The second kappa shape index (κ2) is 4.87. The highest BCUT2D eigenvalue weighted by Crippen LogP contribution is 2.14. The van der Waals surface area contributed by atoms with Crippen LogP contribution in [0.1, 0.15) is 32.2 Å². The number of carbonyl (C=O) groups excluding carboxylic acids is 1. The summed E-state index contributed by atoms with van der Waals surface area (Å²) >= 11 is 0. The fourth-order valence-corrected chi connectivity index (χ4v) is 2.32. The number of hydrogen-bond donors (Lipinski definition) is 2. The van der Waals surface area contributed by atoms with Crippen molar-refractivity contribution in [3.05, 3.63) is 17.7 Å². The normalized spacial score (nSPS) is 19.2. The number of aromatic amines is 1. The van der Waals surface area contributed by atoms with E-state index in [2.05, 4.69) is 15.3 Å². The van der Waals surface area contributed by atoms with Crippen LogP contribution < -0.4 is 5.32 Å². The fraction of sp³-hybridized carbons (Fsp3) is 0.667. The van der Waals surface area contributed by atoms with Gasteiger partial charge >= 0.3 is 0 Å². The Morgan fingerprint density at radius 2 is 2.41 bits per heavy atom. The zero-order valence-electron chi connectivity index (χ0n) is 10.7. The van der Waals surface area contributed by atoms with Gasteiger partial charge in [-0.25, -0.2) is 4.98 Å². The van der Waals surface area contributed by atoms with Gasteiger partial charge in [-0.2, -0.15) is 0 Å². The molecule has 5 nitrogen and oxygen atoms in total. The number of hydrogen-bond acceptors (Lipinski definition) is 3. The van der Waals surface area contributed by atoms with E-state index >= 15 is 0 Å². The summed E-state index contributed by atoms with van der Waals surface area (Å²) in [5.74, 6) is 0.177. The Labute approximate surface area is 102 Å². The molecule has 1 amide bonds. The van der Waals surface area contributed by atoms with E-state index in [0.29, 0.717) is 13.0 Å². The first-order valence-electron chi connectivity index (χ1n) is 6.18. The third-order valence-corrected chi connectivity index (χ3v) is 3.28. The van der Waals surface area contributed by atoms with Gasteiger partial charge in [0, 0.05) is 25.6 Å². The number of rotatable bonds is 3. The van der Waals surface area contributed by atoms with Gasteiger partial charge < -0.3 is 9.88 Å². The lowest BCUT2D eigenvalue weighted by molar-refractivity contribution is -0.135. The minimum Gasteiger partial charge on any atom is -0.347 e. The predicted molar refractivity (Wildman–Crippen MR) is 65.4 cm³/mol. The van der Waals surface area contributed by atoms with Crippen LogP contribution in [0.3, 0.4) is 0 Å². The summed E-state index contributed by atoms with van der Waals surface area (Å²) in [6.45, 7) is 7.55. The number of fused-ring (bicyclic) bond motifs is 1. The molecule has 1 aromatic rings. The molecule has 1 atom stereocenters. The summed E-state index contributed by atoms with van der Waals surface area (Å²) in [6, 6.07) is 0.114. The van der Waals surface area contributed by atoms with Gasteiger partial charge in [0.2, 0.25) is 5.91 Å². The molecule has 1 aliphatic rings. The van der Waals surface area contributed by atoms with Crippen molar-refractivity contribution >= 4 is 5.91 Å². The Hall–Kier alpha value is -1.36. The van der Waals surface area contributed by atoms with Crippen LogP contribution in [0, 0.1) is 0 Å². The smallest absolute Gasteiger partial charge is 0.240 e. The number of aromatic nitrogens is 2. The second-order valence-corrected chi connectivity index (χ2v) is 4.68. The molecule has 1 aromatic heterocycles. The highest BCUT2D eigenvalue weighted by atomic mass is 16.2. The SMILES string of the molecule is CCN(C(=O)C1Cc2nc[nH]c2CN1)C(C)C. The number of amides is 1. The van der Waals surface area contributed by atoms with Crippen molar-refractivity contribution in [2.45, 2.75) is 45.8 Å². The quantitative estimate of drug-likeness (QED) is 0.811. The minimum absolute atomic E-state index is 0.131. The Kier molecular flexibility index (Phi) is 3.47. The molecule has 94 valence electrons. The monoisotopic (exact) mass is 236 g/mol. The molecule has 17 heavy (non-hydrogen) atoms. The minimum atomic E-state index is -0.131. The summed E-state index contributed by atoms with van der Waals surface area (Å²) in [7, 11) is 0. The van der Waals surface area contributed by atoms with Gasteiger partial charge in [-0.05, 0) is 20.8 Å². The second-order valence-electron chi connectivity index (χ2n) is 4.68. The highest BCUT2D eigenvalue weighted by Gasteiger charge is 2.29. The largest absolute Gasteiger partial charge is 0.347 e. The number of nitrogens with one attached hydrogen (secondary N) is 2. The van der Waals surface area contributed by atoms with Crippen molar-refractivity contribution < 1.29 is 4.79 Å². The van der Waals surface area contributed by atoms with Crippen molar-refractivity contribution in [2.75, 3.05) is 6.54 Å². The van der Waals surface area contributed by atoms with Crippen LogP contribution in [0.15, 0.2) is 6.33 Å². The molecule has 0 spiro atoms. The maximum atomic E-state index is 12.3.